The maximum atomic E-state index is 12.3. The summed E-state index contributed by atoms with van der Waals surface area (Å²) in [6.45, 7) is 2.04. The lowest BCUT2D eigenvalue weighted by molar-refractivity contribution is -0.146. The molecule has 1 aromatic rings. The van der Waals surface area contributed by atoms with E-state index < -0.39 is 0 Å². The van der Waals surface area contributed by atoms with Gasteiger partial charge in [-0.25, -0.2) is 0 Å². The van der Waals surface area contributed by atoms with Crippen LogP contribution in [0, 0.1) is 5.92 Å². The third kappa shape index (κ3) is 5.51. The maximum Gasteiger partial charge on any atom is 0.308 e. The first-order valence-corrected chi connectivity index (χ1v) is 10.2. The molecule has 1 saturated heterocycles. The lowest BCUT2D eigenvalue weighted by atomic mass is 9.86. The summed E-state index contributed by atoms with van der Waals surface area (Å²) in [7, 11) is 1.44. The lowest BCUT2D eigenvalue weighted by Gasteiger charge is -2.28. The molecule has 0 radical (unpaired) electrons. The second-order valence-electron chi connectivity index (χ2n) is 7.72. The molecule has 6 nitrogen and oxygen atoms in total. The van der Waals surface area contributed by atoms with Gasteiger partial charge in [-0.1, -0.05) is 6.07 Å². The molecule has 1 unspecified atom stereocenters. The summed E-state index contributed by atoms with van der Waals surface area (Å²) in [6, 6.07) is 4.78. The Kier molecular flexibility index (Phi) is 7.21. The van der Waals surface area contributed by atoms with Gasteiger partial charge < -0.3 is 10.1 Å². The molecule has 1 N–H and O–H groups in total. The minimum Gasteiger partial charge on any atom is -0.469 e. The quantitative estimate of drug-likeness (QED) is 0.744. The van der Waals surface area contributed by atoms with E-state index in [9.17, 15) is 9.59 Å². The predicted molar refractivity (Wildman–Crippen MR) is 103 cm³/mol. The SMILES string of the molecule is COC(=O)C1CCC(NC(=O)CCCN2CCCC2c2cccnc2)CC1. The van der Waals surface area contributed by atoms with Crippen LogP contribution in [0.2, 0.25) is 0 Å². The first-order chi connectivity index (χ1) is 13.2. The molecule has 1 aliphatic heterocycles. The van der Waals surface area contributed by atoms with E-state index in [0.717, 1.165) is 45.2 Å². The van der Waals surface area contributed by atoms with E-state index in [4.69, 9.17) is 4.74 Å². The topological polar surface area (TPSA) is 71.5 Å². The van der Waals surface area contributed by atoms with Crippen molar-refractivity contribution in [3.8, 4) is 0 Å². The van der Waals surface area contributed by atoms with E-state index in [2.05, 4.69) is 21.3 Å². The fourth-order valence-electron chi connectivity index (χ4n) is 4.43. The van der Waals surface area contributed by atoms with Crippen LogP contribution in [-0.4, -0.2) is 48.0 Å². The smallest absolute Gasteiger partial charge is 0.308 e. The Balaban J connectivity index is 1.36. The van der Waals surface area contributed by atoms with Gasteiger partial charge in [-0.05, 0) is 69.7 Å². The average molecular weight is 373 g/mol. The van der Waals surface area contributed by atoms with Crippen LogP contribution < -0.4 is 5.32 Å². The third-order valence-electron chi connectivity index (χ3n) is 5.91. The van der Waals surface area contributed by atoms with Crippen LogP contribution >= 0.6 is 0 Å². The number of hydrogen-bond donors (Lipinski definition) is 1. The number of nitrogens with zero attached hydrogens (tertiary/aromatic N) is 2. The monoisotopic (exact) mass is 373 g/mol. The second-order valence-corrected chi connectivity index (χ2v) is 7.72. The molecular weight excluding hydrogens is 342 g/mol. The molecule has 148 valence electrons. The summed E-state index contributed by atoms with van der Waals surface area (Å²) >= 11 is 0. The Morgan fingerprint density at radius 2 is 2.07 bits per heavy atom. The fraction of sp³-hybridized carbons (Fsp3) is 0.667. The highest BCUT2D eigenvalue weighted by atomic mass is 16.5. The average Bonchev–Trinajstić information content (AvgIpc) is 3.17. The van der Waals surface area contributed by atoms with Gasteiger partial charge in [0, 0.05) is 30.9 Å². The van der Waals surface area contributed by atoms with Crippen molar-refractivity contribution < 1.29 is 14.3 Å². The van der Waals surface area contributed by atoms with Crippen LogP contribution in [-0.2, 0) is 14.3 Å². The molecule has 2 aliphatic rings. The van der Waals surface area contributed by atoms with E-state index in [0.29, 0.717) is 12.5 Å². The van der Waals surface area contributed by atoms with Crippen molar-refractivity contribution in [2.75, 3.05) is 20.2 Å². The third-order valence-corrected chi connectivity index (χ3v) is 5.91. The van der Waals surface area contributed by atoms with Crippen LogP contribution in [0.1, 0.15) is 63.0 Å². The van der Waals surface area contributed by atoms with Gasteiger partial charge in [0.2, 0.25) is 5.91 Å². The number of carbonyl (C=O) groups is 2. The van der Waals surface area contributed by atoms with Crippen molar-refractivity contribution >= 4 is 11.9 Å². The highest BCUT2D eigenvalue weighted by Crippen LogP contribution is 2.31. The molecule has 1 aromatic heterocycles. The van der Waals surface area contributed by atoms with Gasteiger partial charge >= 0.3 is 5.97 Å². The number of ether oxygens (including phenoxy) is 1. The van der Waals surface area contributed by atoms with Crippen LogP contribution in [0.4, 0.5) is 0 Å². The van der Waals surface area contributed by atoms with Crippen molar-refractivity contribution in [2.45, 2.75) is 63.5 Å². The minimum absolute atomic E-state index is 0.00253. The molecule has 2 fully saturated rings. The van der Waals surface area contributed by atoms with Crippen molar-refractivity contribution in [2.24, 2.45) is 5.92 Å². The Morgan fingerprint density at radius 1 is 1.26 bits per heavy atom. The lowest BCUT2D eigenvalue weighted by Crippen LogP contribution is -2.39. The molecule has 2 heterocycles. The summed E-state index contributed by atoms with van der Waals surface area (Å²) in [6.07, 6.45) is 10.9. The first kappa shape index (κ1) is 19.8. The molecule has 1 aliphatic carbocycles. The number of carbonyl (C=O) groups excluding carboxylic acids is 2. The Bertz CT molecular complexity index is 614. The van der Waals surface area contributed by atoms with Crippen molar-refractivity contribution in [1.82, 2.24) is 15.2 Å². The largest absolute Gasteiger partial charge is 0.469 e. The van der Waals surface area contributed by atoms with Gasteiger partial charge in [0.1, 0.15) is 0 Å². The molecule has 6 heteroatoms. The number of methoxy groups -OCH3 is 1. The number of rotatable bonds is 7. The highest BCUT2D eigenvalue weighted by molar-refractivity contribution is 5.76. The molecule has 0 aromatic carbocycles. The van der Waals surface area contributed by atoms with E-state index in [-0.39, 0.29) is 23.8 Å². The number of esters is 1. The molecule has 0 bridgehead atoms. The molecule has 1 saturated carbocycles. The van der Waals surface area contributed by atoms with Gasteiger partial charge in [-0.2, -0.15) is 0 Å². The molecule has 3 rings (SSSR count). The standard InChI is InChI=1S/C21H31N3O3/c1-27-21(26)16-8-10-18(11-9-16)23-20(25)7-4-14-24-13-3-6-19(24)17-5-2-12-22-15-17/h2,5,12,15-16,18-19H,3-4,6-11,13-14H2,1H3,(H,23,25). The Hall–Kier alpha value is -1.95. The van der Waals surface area contributed by atoms with E-state index in [1.807, 2.05) is 18.5 Å². The van der Waals surface area contributed by atoms with Crippen molar-refractivity contribution in [3.05, 3.63) is 30.1 Å². The number of likely N-dealkylation sites (tertiary alicyclic amines) is 1. The van der Waals surface area contributed by atoms with Crippen LogP contribution in [0.5, 0.6) is 0 Å². The summed E-state index contributed by atoms with van der Waals surface area (Å²) in [5, 5.41) is 3.15. The number of aromatic nitrogens is 1. The van der Waals surface area contributed by atoms with Gasteiger partial charge in [0.15, 0.2) is 0 Å². The van der Waals surface area contributed by atoms with Crippen molar-refractivity contribution in [1.29, 1.82) is 0 Å². The van der Waals surface area contributed by atoms with Gasteiger partial charge in [0.25, 0.3) is 0 Å². The maximum absolute atomic E-state index is 12.3. The van der Waals surface area contributed by atoms with E-state index in [1.165, 1.54) is 25.5 Å². The number of hydrogen-bond acceptors (Lipinski definition) is 5. The summed E-state index contributed by atoms with van der Waals surface area (Å²) in [5.74, 6) is 0.0185. The first-order valence-electron chi connectivity index (χ1n) is 10.2. The van der Waals surface area contributed by atoms with Crippen LogP contribution in [0.15, 0.2) is 24.5 Å². The zero-order valence-electron chi connectivity index (χ0n) is 16.2. The zero-order valence-corrected chi connectivity index (χ0v) is 16.2. The van der Waals surface area contributed by atoms with E-state index >= 15 is 0 Å². The highest BCUT2D eigenvalue weighted by Gasteiger charge is 2.28. The fourth-order valence-corrected chi connectivity index (χ4v) is 4.43. The summed E-state index contributed by atoms with van der Waals surface area (Å²) in [4.78, 5) is 30.6. The summed E-state index contributed by atoms with van der Waals surface area (Å²) in [5.41, 5.74) is 1.28. The number of pyridine rings is 1. The molecule has 1 amide bonds. The second kappa shape index (κ2) is 9.83. The normalized spacial score (nSPS) is 25.9. The van der Waals surface area contributed by atoms with Crippen LogP contribution in [0.25, 0.3) is 0 Å². The molecule has 0 spiro atoms. The van der Waals surface area contributed by atoms with E-state index in [1.54, 1.807) is 0 Å². The predicted octanol–water partition coefficient (Wildman–Crippen LogP) is 2.85. The van der Waals surface area contributed by atoms with Gasteiger partial charge in [0.05, 0.1) is 13.0 Å². The molecular formula is C21H31N3O3. The van der Waals surface area contributed by atoms with Crippen molar-refractivity contribution in [3.63, 3.8) is 0 Å². The van der Waals surface area contributed by atoms with Gasteiger partial charge in [-0.3, -0.25) is 19.5 Å². The number of nitrogens with one attached hydrogen (secondary N) is 1. The molecule has 1 atom stereocenters. The number of amides is 1. The Morgan fingerprint density at radius 3 is 2.78 bits per heavy atom. The van der Waals surface area contributed by atoms with Gasteiger partial charge in [-0.15, -0.1) is 0 Å². The molecule has 27 heavy (non-hydrogen) atoms. The minimum atomic E-state index is -0.117. The zero-order chi connectivity index (χ0) is 19.1. The summed E-state index contributed by atoms with van der Waals surface area (Å²) < 4.78 is 4.81. The van der Waals surface area contributed by atoms with Crippen LogP contribution in [0.3, 0.4) is 0 Å². The Labute approximate surface area is 161 Å².